The first kappa shape index (κ1) is 15.1. The van der Waals surface area contributed by atoms with Gasteiger partial charge in [0.15, 0.2) is 0 Å². The standard InChI is InChI=1S/C15H16N2O4S/c1-3-21-15(20)11-12(9-5-4-6-16-7-9)22-14-10(8(2)18)13(19)17(11)14/h4-8,10,14,18H,3H2,1-2H3/t8-,10+,14-/m1/s1. The Hall–Kier alpha value is -1.86. The number of amides is 1. The Kier molecular flexibility index (Phi) is 3.92. The molecule has 3 atom stereocenters. The molecule has 0 aromatic carbocycles. The van der Waals surface area contributed by atoms with Gasteiger partial charge in [-0.2, -0.15) is 0 Å². The maximum atomic E-state index is 12.3. The predicted octanol–water partition coefficient (Wildman–Crippen LogP) is 1.23. The number of hydrogen-bond acceptors (Lipinski definition) is 6. The van der Waals surface area contributed by atoms with Gasteiger partial charge in [0, 0.05) is 22.9 Å². The summed E-state index contributed by atoms with van der Waals surface area (Å²) in [6, 6.07) is 3.61. The summed E-state index contributed by atoms with van der Waals surface area (Å²) in [5, 5.41) is 9.50. The molecule has 3 heterocycles. The fraction of sp³-hybridized carbons (Fsp3) is 0.400. The van der Waals surface area contributed by atoms with E-state index in [1.165, 1.54) is 16.7 Å². The Morgan fingerprint density at radius 3 is 2.95 bits per heavy atom. The minimum Gasteiger partial charge on any atom is -0.461 e. The number of rotatable bonds is 4. The van der Waals surface area contributed by atoms with Crippen LogP contribution in [0, 0.1) is 5.92 Å². The average Bonchev–Trinajstić information content (AvgIpc) is 2.83. The third-order valence-corrected chi connectivity index (χ3v) is 5.10. The molecule has 1 saturated heterocycles. The zero-order valence-corrected chi connectivity index (χ0v) is 13.0. The molecule has 7 heteroatoms. The van der Waals surface area contributed by atoms with Crippen LogP contribution >= 0.6 is 11.8 Å². The number of thioether (sulfide) groups is 1. The normalized spacial score (nSPS) is 24.9. The zero-order chi connectivity index (χ0) is 15.9. The maximum Gasteiger partial charge on any atom is 0.356 e. The smallest absolute Gasteiger partial charge is 0.356 e. The summed E-state index contributed by atoms with van der Waals surface area (Å²) in [5.41, 5.74) is 1.02. The van der Waals surface area contributed by atoms with Gasteiger partial charge in [0.1, 0.15) is 11.1 Å². The van der Waals surface area contributed by atoms with E-state index in [0.29, 0.717) is 4.91 Å². The minimum absolute atomic E-state index is 0.236. The summed E-state index contributed by atoms with van der Waals surface area (Å²) in [4.78, 5) is 30.7. The van der Waals surface area contributed by atoms with Crippen LogP contribution in [0.15, 0.2) is 30.2 Å². The van der Waals surface area contributed by atoms with Crippen LogP contribution in [0.3, 0.4) is 0 Å². The van der Waals surface area contributed by atoms with E-state index in [0.717, 1.165) is 5.56 Å². The summed E-state index contributed by atoms with van der Waals surface area (Å²) in [5.74, 6) is -1.26. The molecule has 6 nitrogen and oxygen atoms in total. The van der Waals surface area contributed by atoms with Gasteiger partial charge < -0.3 is 9.84 Å². The number of aromatic nitrogens is 1. The molecular weight excluding hydrogens is 304 g/mol. The lowest BCUT2D eigenvalue weighted by atomic mass is 9.92. The highest BCUT2D eigenvalue weighted by atomic mass is 32.2. The van der Waals surface area contributed by atoms with Gasteiger partial charge in [0.2, 0.25) is 5.91 Å². The molecule has 0 spiro atoms. The van der Waals surface area contributed by atoms with E-state index in [1.807, 2.05) is 6.07 Å². The molecule has 0 saturated carbocycles. The number of pyridine rings is 1. The molecule has 1 aromatic rings. The van der Waals surface area contributed by atoms with Gasteiger partial charge >= 0.3 is 5.97 Å². The lowest BCUT2D eigenvalue weighted by molar-refractivity contribution is -0.158. The Balaban J connectivity index is 2.01. The van der Waals surface area contributed by atoms with Crippen molar-refractivity contribution in [3.8, 4) is 0 Å². The van der Waals surface area contributed by atoms with Crippen molar-refractivity contribution in [1.29, 1.82) is 0 Å². The van der Waals surface area contributed by atoms with Gasteiger partial charge in [-0.3, -0.25) is 14.7 Å². The van der Waals surface area contributed by atoms with Gasteiger partial charge in [0.25, 0.3) is 0 Å². The van der Waals surface area contributed by atoms with Crippen LogP contribution in [0.5, 0.6) is 0 Å². The number of β-lactam (4-membered cyclic amide) rings is 1. The van der Waals surface area contributed by atoms with Crippen LogP contribution in [-0.2, 0) is 14.3 Å². The lowest BCUT2D eigenvalue weighted by Gasteiger charge is -2.43. The molecule has 0 unspecified atom stereocenters. The van der Waals surface area contributed by atoms with Crippen molar-refractivity contribution in [2.24, 2.45) is 5.92 Å². The van der Waals surface area contributed by atoms with E-state index in [9.17, 15) is 14.7 Å². The van der Waals surface area contributed by atoms with E-state index in [1.54, 1.807) is 32.3 Å². The number of hydrogen-bond donors (Lipinski definition) is 1. The SMILES string of the molecule is CCOC(=O)C1=C(c2cccnc2)S[C@@H]2[C@@H]([C@@H](C)O)C(=O)N12. The van der Waals surface area contributed by atoms with Crippen molar-refractivity contribution in [2.75, 3.05) is 6.61 Å². The van der Waals surface area contributed by atoms with Crippen molar-refractivity contribution >= 4 is 28.5 Å². The lowest BCUT2D eigenvalue weighted by Crippen LogP contribution is -2.60. The summed E-state index contributed by atoms with van der Waals surface area (Å²) < 4.78 is 5.09. The molecule has 1 aromatic heterocycles. The second kappa shape index (κ2) is 5.73. The summed E-state index contributed by atoms with van der Waals surface area (Å²) >= 11 is 1.40. The van der Waals surface area contributed by atoms with Crippen LogP contribution in [0.4, 0.5) is 0 Å². The van der Waals surface area contributed by atoms with Crippen molar-refractivity contribution in [3.63, 3.8) is 0 Å². The number of aliphatic hydroxyl groups is 1. The zero-order valence-electron chi connectivity index (χ0n) is 12.2. The highest BCUT2D eigenvalue weighted by molar-refractivity contribution is 8.09. The van der Waals surface area contributed by atoms with E-state index >= 15 is 0 Å². The van der Waals surface area contributed by atoms with Crippen molar-refractivity contribution in [1.82, 2.24) is 9.88 Å². The molecule has 1 amide bonds. The van der Waals surface area contributed by atoms with Crippen LogP contribution < -0.4 is 0 Å². The van der Waals surface area contributed by atoms with Gasteiger partial charge in [-0.1, -0.05) is 17.8 Å². The maximum absolute atomic E-state index is 12.3. The van der Waals surface area contributed by atoms with E-state index < -0.39 is 18.0 Å². The molecular formula is C15H16N2O4S. The fourth-order valence-electron chi connectivity index (χ4n) is 2.67. The molecule has 0 bridgehead atoms. The first-order valence-electron chi connectivity index (χ1n) is 7.05. The topological polar surface area (TPSA) is 79.7 Å². The molecule has 2 aliphatic heterocycles. The number of carbonyl (C=O) groups is 2. The van der Waals surface area contributed by atoms with Crippen LogP contribution in [0.1, 0.15) is 19.4 Å². The second-order valence-corrected chi connectivity index (χ2v) is 6.25. The minimum atomic E-state index is -0.752. The number of ether oxygens (including phenoxy) is 1. The number of esters is 1. The third-order valence-electron chi connectivity index (χ3n) is 3.69. The Bertz CT molecular complexity index is 644. The molecule has 0 radical (unpaired) electrons. The van der Waals surface area contributed by atoms with Crippen molar-refractivity contribution in [3.05, 3.63) is 35.8 Å². The van der Waals surface area contributed by atoms with Gasteiger partial charge in [0.05, 0.1) is 18.6 Å². The Morgan fingerprint density at radius 1 is 1.59 bits per heavy atom. The second-order valence-electron chi connectivity index (χ2n) is 5.12. The molecule has 22 heavy (non-hydrogen) atoms. The van der Waals surface area contributed by atoms with E-state index in [2.05, 4.69) is 4.98 Å². The van der Waals surface area contributed by atoms with Crippen LogP contribution in [0.2, 0.25) is 0 Å². The molecule has 1 N–H and O–H groups in total. The molecule has 2 aliphatic rings. The van der Waals surface area contributed by atoms with Gasteiger partial charge in [-0.05, 0) is 19.9 Å². The van der Waals surface area contributed by atoms with Crippen molar-refractivity contribution in [2.45, 2.75) is 25.3 Å². The van der Waals surface area contributed by atoms with Crippen LogP contribution in [0.25, 0.3) is 4.91 Å². The average molecular weight is 320 g/mol. The molecule has 3 rings (SSSR count). The monoisotopic (exact) mass is 320 g/mol. The largest absolute Gasteiger partial charge is 0.461 e. The molecule has 1 fully saturated rings. The molecule has 116 valence electrons. The fourth-order valence-corrected chi connectivity index (χ4v) is 4.27. The van der Waals surface area contributed by atoms with Crippen molar-refractivity contribution < 1.29 is 19.4 Å². The summed E-state index contributed by atoms with van der Waals surface area (Å²) in [6.45, 7) is 3.55. The number of aliphatic hydroxyl groups excluding tert-OH is 1. The van der Waals surface area contributed by atoms with Crippen LogP contribution in [-0.4, -0.2) is 45.0 Å². The number of nitrogens with zero attached hydrogens (tertiary/aromatic N) is 2. The van der Waals surface area contributed by atoms with E-state index in [-0.39, 0.29) is 23.6 Å². The first-order valence-corrected chi connectivity index (χ1v) is 7.93. The van der Waals surface area contributed by atoms with E-state index in [4.69, 9.17) is 4.74 Å². The van der Waals surface area contributed by atoms with Gasteiger partial charge in [-0.25, -0.2) is 4.79 Å². The number of fused-ring (bicyclic) bond motifs is 1. The first-order chi connectivity index (χ1) is 10.6. The summed E-state index contributed by atoms with van der Waals surface area (Å²) in [7, 11) is 0. The predicted molar refractivity (Wildman–Crippen MR) is 81.2 cm³/mol. The quantitative estimate of drug-likeness (QED) is 0.664. The Labute approximate surface area is 132 Å². The highest BCUT2D eigenvalue weighted by Gasteiger charge is 2.58. The number of carbonyl (C=O) groups excluding carboxylic acids is 2. The van der Waals surface area contributed by atoms with Gasteiger partial charge in [-0.15, -0.1) is 0 Å². The Morgan fingerprint density at radius 2 is 2.36 bits per heavy atom. The highest BCUT2D eigenvalue weighted by Crippen LogP contribution is 2.53. The summed E-state index contributed by atoms with van der Waals surface area (Å²) in [6.07, 6.45) is 2.54. The molecule has 0 aliphatic carbocycles. The third kappa shape index (κ3) is 2.21.